The Hall–Kier alpha value is -2.26. The third-order valence-corrected chi connectivity index (χ3v) is 4.88. The molecule has 0 bridgehead atoms. The van der Waals surface area contributed by atoms with Crippen LogP contribution in [0.15, 0.2) is 41.4 Å². The number of sulfonamides is 1. The van der Waals surface area contributed by atoms with Gasteiger partial charge in [-0.2, -0.15) is 9.40 Å². The topological polar surface area (TPSA) is 98.3 Å². The number of nitrogens with zero attached hydrogens (tertiary/aromatic N) is 4. The maximum atomic E-state index is 12.4. The van der Waals surface area contributed by atoms with E-state index in [-0.39, 0.29) is 17.1 Å². The van der Waals surface area contributed by atoms with E-state index in [4.69, 9.17) is 0 Å². The molecule has 0 amide bonds. The number of rotatable bonds is 5. The van der Waals surface area contributed by atoms with Gasteiger partial charge in [-0.15, -0.1) is 0 Å². The number of nitro benzene ring substituents is 1. The van der Waals surface area contributed by atoms with E-state index in [9.17, 15) is 18.5 Å². The van der Waals surface area contributed by atoms with Crippen molar-refractivity contribution in [3.8, 4) is 0 Å². The van der Waals surface area contributed by atoms with Crippen LogP contribution in [-0.2, 0) is 23.6 Å². The molecule has 1 aromatic carbocycles. The van der Waals surface area contributed by atoms with Gasteiger partial charge < -0.3 is 0 Å². The van der Waals surface area contributed by atoms with E-state index in [1.807, 2.05) is 0 Å². The Morgan fingerprint density at radius 3 is 2.38 bits per heavy atom. The minimum Gasteiger partial charge on any atom is -0.271 e. The van der Waals surface area contributed by atoms with Gasteiger partial charge in [-0.1, -0.05) is 0 Å². The van der Waals surface area contributed by atoms with Crippen LogP contribution in [0.3, 0.4) is 0 Å². The molecule has 0 spiro atoms. The van der Waals surface area contributed by atoms with E-state index < -0.39 is 14.9 Å². The standard InChI is InChI=1S/C12H14N4O4S/c1-14(9-11-7-8-13-15(11)2)21(19,20)12-5-3-10(4-6-12)16(17)18/h3-8H,9H2,1-2H3. The Morgan fingerprint density at radius 2 is 1.90 bits per heavy atom. The largest absolute Gasteiger partial charge is 0.271 e. The highest BCUT2D eigenvalue weighted by Crippen LogP contribution is 2.19. The first-order valence-electron chi connectivity index (χ1n) is 6.00. The quantitative estimate of drug-likeness (QED) is 0.609. The van der Waals surface area contributed by atoms with Gasteiger partial charge in [0.2, 0.25) is 10.0 Å². The van der Waals surface area contributed by atoms with Crippen LogP contribution in [0.5, 0.6) is 0 Å². The van der Waals surface area contributed by atoms with Crippen molar-refractivity contribution in [3.63, 3.8) is 0 Å². The molecular weight excluding hydrogens is 296 g/mol. The number of non-ortho nitro benzene ring substituents is 1. The second-order valence-electron chi connectivity index (χ2n) is 4.46. The lowest BCUT2D eigenvalue weighted by Gasteiger charge is -2.17. The van der Waals surface area contributed by atoms with E-state index in [0.717, 1.165) is 5.69 Å². The van der Waals surface area contributed by atoms with Gasteiger partial charge in [0.15, 0.2) is 0 Å². The predicted octanol–water partition coefficient (Wildman–Crippen LogP) is 1.15. The van der Waals surface area contributed by atoms with Gasteiger partial charge in [-0.3, -0.25) is 14.8 Å². The molecule has 21 heavy (non-hydrogen) atoms. The maximum Gasteiger partial charge on any atom is 0.269 e. The summed E-state index contributed by atoms with van der Waals surface area (Å²) in [7, 11) is -0.533. The van der Waals surface area contributed by atoms with Crippen molar-refractivity contribution in [3.05, 3.63) is 52.3 Å². The first-order valence-corrected chi connectivity index (χ1v) is 7.44. The van der Waals surface area contributed by atoms with Gasteiger partial charge in [-0.25, -0.2) is 8.42 Å². The summed E-state index contributed by atoms with van der Waals surface area (Å²) in [5, 5.41) is 14.6. The smallest absolute Gasteiger partial charge is 0.269 e. The van der Waals surface area contributed by atoms with E-state index in [0.29, 0.717) is 0 Å². The lowest BCUT2D eigenvalue weighted by molar-refractivity contribution is -0.384. The van der Waals surface area contributed by atoms with Crippen molar-refractivity contribution in [2.45, 2.75) is 11.4 Å². The fourth-order valence-corrected chi connectivity index (χ4v) is 2.93. The van der Waals surface area contributed by atoms with Crippen molar-refractivity contribution in [1.82, 2.24) is 14.1 Å². The first kappa shape index (κ1) is 15.1. The Bertz CT molecular complexity index is 752. The molecule has 0 fully saturated rings. The molecule has 0 aliphatic rings. The summed E-state index contributed by atoms with van der Waals surface area (Å²) in [5.74, 6) is 0. The first-order chi connectivity index (χ1) is 9.82. The number of aromatic nitrogens is 2. The molecule has 0 unspecified atom stereocenters. The van der Waals surface area contributed by atoms with Crippen LogP contribution in [0, 0.1) is 10.1 Å². The summed E-state index contributed by atoms with van der Waals surface area (Å²) in [6.45, 7) is 0.163. The molecule has 0 saturated heterocycles. The third-order valence-electron chi connectivity index (χ3n) is 3.06. The van der Waals surface area contributed by atoms with Crippen molar-refractivity contribution in [1.29, 1.82) is 0 Å². The van der Waals surface area contributed by atoms with Gasteiger partial charge >= 0.3 is 0 Å². The van der Waals surface area contributed by atoms with Crippen LogP contribution in [0.25, 0.3) is 0 Å². The molecule has 0 aliphatic heterocycles. The summed E-state index contributed by atoms with van der Waals surface area (Å²) < 4.78 is 27.5. The zero-order valence-corrected chi connectivity index (χ0v) is 12.3. The number of hydrogen-bond donors (Lipinski definition) is 0. The Morgan fingerprint density at radius 1 is 1.29 bits per heavy atom. The lowest BCUT2D eigenvalue weighted by atomic mass is 10.3. The van der Waals surface area contributed by atoms with Crippen molar-refractivity contribution < 1.29 is 13.3 Å². The van der Waals surface area contributed by atoms with Gasteiger partial charge in [0.05, 0.1) is 22.1 Å². The summed E-state index contributed by atoms with van der Waals surface area (Å²) in [4.78, 5) is 10.0. The molecule has 9 heteroatoms. The fourth-order valence-electron chi connectivity index (χ4n) is 1.79. The number of nitro groups is 1. The highest BCUT2D eigenvalue weighted by atomic mass is 32.2. The van der Waals surface area contributed by atoms with Crippen molar-refractivity contribution >= 4 is 15.7 Å². The monoisotopic (exact) mass is 310 g/mol. The van der Waals surface area contributed by atoms with E-state index in [1.165, 1.54) is 35.6 Å². The highest BCUT2D eigenvalue weighted by Gasteiger charge is 2.22. The molecule has 0 aliphatic carbocycles. The van der Waals surface area contributed by atoms with E-state index >= 15 is 0 Å². The Balaban J connectivity index is 2.24. The van der Waals surface area contributed by atoms with E-state index in [1.54, 1.807) is 24.0 Å². The SMILES string of the molecule is CN(Cc1ccnn1C)S(=O)(=O)c1ccc([N+](=O)[O-])cc1. The summed E-state index contributed by atoms with van der Waals surface area (Å²) >= 11 is 0. The minimum atomic E-state index is -3.70. The molecule has 1 heterocycles. The van der Waals surface area contributed by atoms with Gasteiger partial charge in [0.25, 0.3) is 5.69 Å². The summed E-state index contributed by atoms with van der Waals surface area (Å²) in [6, 6.07) is 6.53. The highest BCUT2D eigenvalue weighted by molar-refractivity contribution is 7.89. The molecule has 112 valence electrons. The molecular formula is C12H14N4O4S. The molecule has 0 N–H and O–H groups in total. The molecule has 2 aromatic rings. The van der Waals surface area contributed by atoms with Crippen molar-refractivity contribution in [2.75, 3.05) is 7.05 Å². The molecule has 0 radical (unpaired) electrons. The predicted molar refractivity (Wildman–Crippen MR) is 75.0 cm³/mol. The zero-order chi connectivity index (χ0) is 15.6. The normalized spacial score (nSPS) is 11.8. The second kappa shape index (κ2) is 5.62. The summed E-state index contributed by atoms with van der Waals surface area (Å²) in [6.07, 6.45) is 1.58. The second-order valence-corrected chi connectivity index (χ2v) is 6.50. The number of aryl methyl sites for hydroxylation is 1. The molecule has 0 saturated carbocycles. The van der Waals surface area contributed by atoms with Gasteiger partial charge in [0.1, 0.15) is 0 Å². The van der Waals surface area contributed by atoms with Gasteiger partial charge in [0, 0.05) is 32.4 Å². The lowest BCUT2D eigenvalue weighted by Crippen LogP contribution is -2.27. The molecule has 8 nitrogen and oxygen atoms in total. The molecule has 1 aromatic heterocycles. The van der Waals surface area contributed by atoms with Crippen LogP contribution < -0.4 is 0 Å². The van der Waals surface area contributed by atoms with Gasteiger partial charge in [-0.05, 0) is 18.2 Å². The van der Waals surface area contributed by atoms with Crippen LogP contribution in [-0.4, -0.2) is 34.5 Å². The minimum absolute atomic E-state index is 0.0118. The van der Waals surface area contributed by atoms with Crippen molar-refractivity contribution in [2.24, 2.45) is 7.05 Å². The molecule has 2 rings (SSSR count). The van der Waals surface area contributed by atoms with E-state index in [2.05, 4.69) is 5.10 Å². The molecule has 0 atom stereocenters. The third kappa shape index (κ3) is 3.09. The number of hydrogen-bond acceptors (Lipinski definition) is 5. The maximum absolute atomic E-state index is 12.4. The average Bonchev–Trinajstić information content (AvgIpc) is 2.84. The van der Waals surface area contributed by atoms with Crippen LogP contribution >= 0.6 is 0 Å². The average molecular weight is 310 g/mol. The van der Waals surface area contributed by atoms with Crippen LogP contribution in [0.2, 0.25) is 0 Å². The van der Waals surface area contributed by atoms with Crippen LogP contribution in [0.1, 0.15) is 5.69 Å². The number of benzene rings is 1. The zero-order valence-electron chi connectivity index (χ0n) is 11.5. The summed E-state index contributed by atoms with van der Waals surface area (Å²) in [5.41, 5.74) is 0.589. The Kier molecular flexibility index (Phi) is 4.05. The Labute approximate surface area is 121 Å². The van der Waals surface area contributed by atoms with Crippen LogP contribution in [0.4, 0.5) is 5.69 Å². The fraction of sp³-hybridized carbons (Fsp3) is 0.250.